The average Bonchev–Trinajstić information content (AvgIpc) is 2.59. The number of nitrogens with zero attached hydrogens (tertiary/aromatic N) is 3. The highest BCUT2D eigenvalue weighted by molar-refractivity contribution is 5.48. The molecule has 0 N–H and O–H groups in total. The van der Waals surface area contributed by atoms with Crippen LogP contribution in [0.4, 0.5) is 0 Å². The third-order valence-electron chi connectivity index (χ3n) is 2.85. The molecular formula is C14H21N3. The van der Waals surface area contributed by atoms with Crippen molar-refractivity contribution in [2.45, 2.75) is 52.4 Å². The minimum absolute atomic E-state index is 0.00780. The van der Waals surface area contributed by atoms with Gasteiger partial charge >= 0.3 is 0 Å². The van der Waals surface area contributed by atoms with Gasteiger partial charge in [-0.25, -0.2) is 4.98 Å². The molecule has 17 heavy (non-hydrogen) atoms. The van der Waals surface area contributed by atoms with E-state index >= 15 is 0 Å². The first-order valence-electron chi connectivity index (χ1n) is 6.04. The van der Waals surface area contributed by atoms with Gasteiger partial charge in [0, 0.05) is 29.4 Å². The molecule has 2 heterocycles. The molecule has 0 bridgehead atoms. The molecule has 0 unspecified atom stereocenters. The molecule has 0 aromatic carbocycles. The number of imidazole rings is 1. The van der Waals surface area contributed by atoms with Gasteiger partial charge in [0.2, 0.25) is 0 Å². The SMILES string of the molecule is CC(C)(C)c1cn2ccnc2c(C(C)(C)C)n1. The molecule has 3 heteroatoms. The predicted molar refractivity (Wildman–Crippen MR) is 70.4 cm³/mol. The maximum Gasteiger partial charge on any atom is 0.159 e. The molecular weight excluding hydrogens is 210 g/mol. The summed E-state index contributed by atoms with van der Waals surface area (Å²) in [4.78, 5) is 9.24. The Morgan fingerprint density at radius 2 is 1.65 bits per heavy atom. The van der Waals surface area contributed by atoms with Gasteiger partial charge in [0.05, 0.1) is 11.4 Å². The van der Waals surface area contributed by atoms with Crippen molar-refractivity contribution < 1.29 is 0 Å². The zero-order valence-corrected chi connectivity index (χ0v) is 11.6. The van der Waals surface area contributed by atoms with E-state index in [-0.39, 0.29) is 10.8 Å². The second-order valence-corrected chi connectivity index (χ2v) is 6.63. The molecule has 0 aliphatic rings. The van der Waals surface area contributed by atoms with Crippen LogP contribution in [-0.2, 0) is 10.8 Å². The van der Waals surface area contributed by atoms with Crippen LogP contribution < -0.4 is 0 Å². The van der Waals surface area contributed by atoms with Crippen molar-refractivity contribution in [2.75, 3.05) is 0 Å². The molecule has 0 aliphatic heterocycles. The van der Waals surface area contributed by atoms with E-state index in [2.05, 4.69) is 57.1 Å². The third kappa shape index (κ3) is 2.19. The minimum atomic E-state index is 0.00780. The van der Waals surface area contributed by atoms with Gasteiger partial charge in [-0.15, -0.1) is 0 Å². The summed E-state index contributed by atoms with van der Waals surface area (Å²) < 4.78 is 2.08. The van der Waals surface area contributed by atoms with Crippen LogP contribution in [0.5, 0.6) is 0 Å². The Bertz CT molecular complexity index is 539. The van der Waals surface area contributed by atoms with E-state index in [0.29, 0.717) is 0 Å². The van der Waals surface area contributed by atoms with Crippen molar-refractivity contribution >= 4 is 5.65 Å². The molecule has 0 aliphatic carbocycles. The maximum atomic E-state index is 4.83. The summed E-state index contributed by atoms with van der Waals surface area (Å²) in [5, 5.41) is 0. The Morgan fingerprint density at radius 1 is 1.00 bits per heavy atom. The fraction of sp³-hybridized carbons (Fsp3) is 0.571. The van der Waals surface area contributed by atoms with Crippen molar-refractivity contribution in [1.82, 2.24) is 14.4 Å². The van der Waals surface area contributed by atoms with Gasteiger partial charge in [0.15, 0.2) is 5.65 Å². The number of hydrogen-bond acceptors (Lipinski definition) is 2. The van der Waals surface area contributed by atoms with Gasteiger partial charge in [-0.2, -0.15) is 0 Å². The standard InChI is InChI=1S/C14H21N3/c1-13(2,3)10-9-17-8-7-15-12(17)11(16-10)14(4,5)6/h7-9H,1-6H3. The van der Waals surface area contributed by atoms with Crippen molar-refractivity contribution in [1.29, 1.82) is 0 Å². The van der Waals surface area contributed by atoms with Crippen molar-refractivity contribution in [3.8, 4) is 0 Å². The highest BCUT2D eigenvalue weighted by atomic mass is 15.0. The molecule has 0 atom stereocenters. The van der Waals surface area contributed by atoms with Crippen LogP contribution in [0.1, 0.15) is 52.9 Å². The van der Waals surface area contributed by atoms with Crippen LogP contribution in [0.15, 0.2) is 18.6 Å². The molecule has 0 saturated heterocycles. The number of fused-ring (bicyclic) bond motifs is 1. The molecule has 2 rings (SSSR count). The highest BCUT2D eigenvalue weighted by Gasteiger charge is 2.24. The minimum Gasteiger partial charge on any atom is -0.304 e. The van der Waals surface area contributed by atoms with Crippen LogP contribution in [0.3, 0.4) is 0 Å². The first-order chi connectivity index (χ1) is 7.69. The van der Waals surface area contributed by atoms with Crippen LogP contribution in [0.2, 0.25) is 0 Å². The predicted octanol–water partition coefficient (Wildman–Crippen LogP) is 3.32. The molecule has 0 radical (unpaired) electrons. The Morgan fingerprint density at radius 3 is 2.18 bits per heavy atom. The molecule has 0 amide bonds. The lowest BCUT2D eigenvalue weighted by Crippen LogP contribution is -2.21. The van der Waals surface area contributed by atoms with Crippen LogP contribution in [0.25, 0.3) is 5.65 Å². The van der Waals surface area contributed by atoms with Crippen molar-refractivity contribution in [3.63, 3.8) is 0 Å². The summed E-state index contributed by atoms with van der Waals surface area (Å²) in [6.45, 7) is 13.1. The van der Waals surface area contributed by atoms with Crippen LogP contribution in [0, 0.1) is 0 Å². The normalized spacial score (nSPS) is 13.3. The number of hydrogen-bond donors (Lipinski definition) is 0. The topological polar surface area (TPSA) is 30.2 Å². The third-order valence-corrected chi connectivity index (χ3v) is 2.85. The lowest BCUT2D eigenvalue weighted by atomic mass is 9.89. The van der Waals surface area contributed by atoms with E-state index in [4.69, 9.17) is 4.98 Å². The largest absolute Gasteiger partial charge is 0.304 e. The molecule has 92 valence electrons. The highest BCUT2D eigenvalue weighted by Crippen LogP contribution is 2.28. The van der Waals surface area contributed by atoms with E-state index in [9.17, 15) is 0 Å². The summed E-state index contributed by atoms with van der Waals surface area (Å²) in [5.74, 6) is 0. The van der Waals surface area contributed by atoms with Gasteiger partial charge in [-0.3, -0.25) is 4.98 Å². The lowest BCUT2D eigenvalue weighted by Gasteiger charge is -2.24. The zero-order chi connectivity index (χ0) is 12.8. The smallest absolute Gasteiger partial charge is 0.159 e. The van der Waals surface area contributed by atoms with Gasteiger partial charge in [0.1, 0.15) is 0 Å². The average molecular weight is 231 g/mol. The molecule has 2 aromatic heterocycles. The second kappa shape index (κ2) is 3.56. The number of rotatable bonds is 0. The van der Waals surface area contributed by atoms with Crippen molar-refractivity contribution in [2.24, 2.45) is 0 Å². The summed E-state index contributed by atoms with van der Waals surface area (Å²) in [6.07, 6.45) is 5.90. The molecule has 0 fully saturated rings. The van der Waals surface area contributed by atoms with Gasteiger partial charge in [0.25, 0.3) is 0 Å². The van der Waals surface area contributed by atoms with E-state index in [0.717, 1.165) is 17.0 Å². The molecule has 2 aromatic rings. The fourth-order valence-electron chi connectivity index (χ4n) is 1.80. The van der Waals surface area contributed by atoms with Gasteiger partial charge in [-0.05, 0) is 0 Å². The van der Waals surface area contributed by atoms with Gasteiger partial charge < -0.3 is 4.40 Å². The van der Waals surface area contributed by atoms with Crippen molar-refractivity contribution in [3.05, 3.63) is 30.0 Å². The first-order valence-corrected chi connectivity index (χ1v) is 6.04. The summed E-state index contributed by atoms with van der Waals surface area (Å²) >= 11 is 0. The Hall–Kier alpha value is -1.38. The first kappa shape index (κ1) is 12.1. The van der Waals surface area contributed by atoms with Crippen LogP contribution >= 0.6 is 0 Å². The summed E-state index contributed by atoms with van der Waals surface area (Å²) in [5.41, 5.74) is 3.19. The fourth-order valence-corrected chi connectivity index (χ4v) is 1.80. The summed E-state index contributed by atoms with van der Waals surface area (Å²) in [7, 11) is 0. The Kier molecular flexibility index (Phi) is 2.53. The summed E-state index contributed by atoms with van der Waals surface area (Å²) in [6, 6.07) is 0. The lowest BCUT2D eigenvalue weighted by molar-refractivity contribution is 0.528. The zero-order valence-electron chi connectivity index (χ0n) is 11.6. The van der Waals surface area contributed by atoms with E-state index < -0.39 is 0 Å². The quantitative estimate of drug-likeness (QED) is 0.696. The van der Waals surface area contributed by atoms with E-state index in [1.54, 1.807) is 0 Å². The number of aromatic nitrogens is 3. The maximum absolute atomic E-state index is 4.83. The molecule has 0 saturated carbocycles. The molecule has 3 nitrogen and oxygen atoms in total. The van der Waals surface area contributed by atoms with E-state index in [1.165, 1.54) is 0 Å². The monoisotopic (exact) mass is 231 g/mol. The Balaban J connectivity index is 2.76. The van der Waals surface area contributed by atoms with Crippen LogP contribution in [-0.4, -0.2) is 14.4 Å². The van der Waals surface area contributed by atoms with Gasteiger partial charge in [-0.1, -0.05) is 41.5 Å². The van der Waals surface area contributed by atoms with E-state index in [1.807, 2.05) is 12.4 Å². The Labute approximate surface area is 103 Å². The second-order valence-electron chi connectivity index (χ2n) is 6.63. The molecule has 0 spiro atoms.